The summed E-state index contributed by atoms with van der Waals surface area (Å²) in [5, 5.41) is 3.69. The lowest BCUT2D eigenvalue weighted by Gasteiger charge is -2.45. The number of amides is 3. The highest BCUT2D eigenvalue weighted by Crippen LogP contribution is 2.32. The largest absolute Gasteiger partial charge is 0.447 e. The van der Waals surface area contributed by atoms with Crippen LogP contribution in [-0.4, -0.2) is 77.7 Å². The van der Waals surface area contributed by atoms with Crippen molar-refractivity contribution in [3.8, 4) is 0 Å². The maximum atomic E-state index is 13.8. The minimum absolute atomic E-state index is 0.0912. The molecule has 0 aromatic heterocycles. The molecule has 2 fully saturated rings. The summed E-state index contributed by atoms with van der Waals surface area (Å²) in [6.45, 7) is 4.22. The number of hydrogen-bond acceptors (Lipinski definition) is 6. The Bertz CT molecular complexity index is 1170. The summed E-state index contributed by atoms with van der Waals surface area (Å²) in [4.78, 5) is 42.4. The zero-order chi connectivity index (χ0) is 27.5. The van der Waals surface area contributed by atoms with Crippen LogP contribution >= 0.6 is 23.2 Å². The molecule has 3 N–H and O–H groups in total. The number of nitrogens with one attached hydrogen (secondary N) is 1. The number of ether oxygens (including phenoxy) is 2. The molecular weight excluding hydrogens is 531 g/mol. The number of nitrogens with two attached hydrogens (primary N) is 1. The first kappa shape index (κ1) is 28.2. The summed E-state index contributed by atoms with van der Waals surface area (Å²) in [5.41, 5.74) is 5.85. The van der Waals surface area contributed by atoms with Gasteiger partial charge < -0.3 is 25.4 Å². The van der Waals surface area contributed by atoms with E-state index in [1.807, 2.05) is 30.3 Å². The highest BCUT2D eigenvalue weighted by Gasteiger charge is 2.52. The number of hydrogen-bond donors (Lipinski definition) is 2. The predicted octanol–water partition coefficient (Wildman–Crippen LogP) is 3.01. The van der Waals surface area contributed by atoms with Gasteiger partial charge in [0.25, 0.3) is 0 Å². The van der Waals surface area contributed by atoms with Gasteiger partial charge in [-0.25, -0.2) is 4.79 Å². The molecule has 2 heterocycles. The summed E-state index contributed by atoms with van der Waals surface area (Å²) in [6.07, 6.45) is 0.147. The van der Waals surface area contributed by atoms with Gasteiger partial charge in [0.2, 0.25) is 11.8 Å². The maximum absolute atomic E-state index is 13.8. The molecule has 0 aliphatic carbocycles. The van der Waals surface area contributed by atoms with Crippen LogP contribution in [0.25, 0.3) is 0 Å². The van der Waals surface area contributed by atoms with Crippen LogP contribution in [0.3, 0.4) is 0 Å². The van der Waals surface area contributed by atoms with Crippen molar-refractivity contribution in [1.29, 1.82) is 0 Å². The molecule has 2 aromatic carbocycles. The fourth-order valence-electron chi connectivity index (χ4n) is 4.75. The Morgan fingerprint density at radius 3 is 2.47 bits per heavy atom. The molecule has 0 spiro atoms. The summed E-state index contributed by atoms with van der Waals surface area (Å²) in [6, 6.07) is 13.8. The number of benzene rings is 2. The molecule has 2 atom stereocenters. The molecule has 0 bridgehead atoms. The highest BCUT2D eigenvalue weighted by molar-refractivity contribution is 6.34. The van der Waals surface area contributed by atoms with Crippen LogP contribution in [0.1, 0.15) is 25.0 Å². The first-order valence-electron chi connectivity index (χ1n) is 12.4. The molecule has 11 heteroatoms. The van der Waals surface area contributed by atoms with Crippen molar-refractivity contribution in [2.75, 3.05) is 32.8 Å². The number of cyclic esters (lactones) is 1. The minimum Gasteiger partial charge on any atom is -0.447 e. The molecule has 2 aliphatic heterocycles. The lowest BCUT2D eigenvalue weighted by Crippen LogP contribution is -2.66. The second-order valence-corrected chi connectivity index (χ2v) is 11.3. The predicted molar refractivity (Wildman–Crippen MR) is 144 cm³/mol. The average molecular weight is 563 g/mol. The van der Waals surface area contributed by atoms with Crippen LogP contribution in [0, 0.1) is 0 Å². The molecule has 2 saturated heterocycles. The van der Waals surface area contributed by atoms with Gasteiger partial charge in [-0.15, -0.1) is 0 Å². The summed E-state index contributed by atoms with van der Waals surface area (Å²) >= 11 is 12.2. The standard InChI is InChI=1S/C27H32Cl2N4O5/c1-26(2,30)24(35)31-22(15-37-14-19-10-20(28)12-21(29)11-19)23(34)32-8-9-33-25(36)38-17-27(33,16-32)13-18-6-4-3-5-7-18/h3-7,10-12,22H,8-9,13-17,30H2,1-2H3,(H,31,35)/t22-,27+/m1/s1. The quantitative estimate of drug-likeness (QED) is 0.485. The minimum atomic E-state index is -1.20. The van der Waals surface area contributed by atoms with Gasteiger partial charge in [0.15, 0.2) is 0 Å². The number of halogens is 2. The van der Waals surface area contributed by atoms with Gasteiger partial charge in [0.05, 0.1) is 18.8 Å². The Labute approximate surface area is 232 Å². The van der Waals surface area contributed by atoms with Crippen molar-refractivity contribution in [3.63, 3.8) is 0 Å². The van der Waals surface area contributed by atoms with Crippen LogP contribution < -0.4 is 11.1 Å². The SMILES string of the molecule is CC(C)(N)C(=O)N[C@H](COCc1cc(Cl)cc(Cl)c1)C(=O)N1CCN2C(=O)OC[C@]2(Cc2ccccc2)C1. The lowest BCUT2D eigenvalue weighted by atomic mass is 9.88. The molecule has 0 radical (unpaired) electrons. The fourth-order valence-corrected chi connectivity index (χ4v) is 5.33. The first-order valence-corrected chi connectivity index (χ1v) is 13.1. The summed E-state index contributed by atoms with van der Waals surface area (Å²) < 4.78 is 11.3. The number of fused-ring (bicyclic) bond motifs is 1. The molecule has 2 aliphatic rings. The monoisotopic (exact) mass is 562 g/mol. The van der Waals surface area contributed by atoms with Crippen molar-refractivity contribution in [2.45, 2.75) is 44.0 Å². The topological polar surface area (TPSA) is 114 Å². The zero-order valence-corrected chi connectivity index (χ0v) is 22.9. The van der Waals surface area contributed by atoms with Crippen LogP contribution in [0.15, 0.2) is 48.5 Å². The maximum Gasteiger partial charge on any atom is 0.410 e. The van der Waals surface area contributed by atoms with E-state index in [0.717, 1.165) is 11.1 Å². The zero-order valence-electron chi connectivity index (χ0n) is 21.4. The van der Waals surface area contributed by atoms with Crippen LogP contribution in [-0.2, 0) is 32.1 Å². The molecule has 0 saturated carbocycles. The Kier molecular flexibility index (Phi) is 8.52. The summed E-state index contributed by atoms with van der Waals surface area (Å²) in [5.74, 6) is -0.805. The molecule has 9 nitrogen and oxygen atoms in total. The fraction of sp³-hybridized carbons (Fsp3) is 0.444. The van der Waals surface area contributed by atoms with Gasteiger partial charge in [0.1, 0.15) is 18.2 Å². The van der Waals surface area contributed by atoms with E-state index in [9.17, 15) is 14.4 Å². The Morgan fingerprint density at radius 1 is 1.13 bits per heavy atom. The second kappa shape index (κ2) is 11.5. The third-order valence-corrected chi connectivity index (χ3v) is 7.12. The van der Waals surface area contributed by atoms with Gasteiger partial charge in [0, 0.05) is 36.1 Å². The third kappa shape index (κ3) is 6.58. The smallest absolute Gasteiger partial charge is 0.410 e. The van der Waals surface area contributed by atoms with Crippen molar-refractivity contribution in [1.82, 2.24) is 15.1 Å². The van der Waals surface area contributed by atoms with E-state index in [1.54, 1.807) is 41.8 Å². The van der Waals surface area contributed by atoms with Crippen molar-refractivity contribution < 1.29 is 23.9 Å². The van der Waals surface area contributed by atoms with Gasteiger partial charge in [-0.1, -0.05) is 53.5 Å². The molecule has 204 valence electrons. The molecular formula is C27H32Cl2N4O5. The van der Waals surface area contributed by atoms with Crippen LogP contribution in [0.5, 0.6) is 0 Å². The molecule has 38 heavy (non-hydrogen) atoms. The van der Waals surface area contributed by atoms with Crippen LogP contribution in [0.4, 0.5) is 4.79 Å². The van der Waals surface area contributed by atoms with E-state index in [4.69, 9.17) is 38.4 Å². The van der Waals surface area contributed by atoms with E-state index >= 15 is 0 Å². The number of piperazine rings is 1. The van der Waals surface area contributed by atoms with Gasteiger partial charge >= 0.3 is 6.09 Å². The van der Waals surface area contributed by atoms with E-state index < -0.39 is 23.0 Å². The number of rotatable bonds is 9. The Hall–Kier alpha value is -2.85. The van der Waals surface area contributed by atoms with E-state index in [1.165, 1.54) is 0 Å². The van der Waals surface area contributed by atoms with Gasteiger partial charge in [-0.05, 0) is 43.2 Å². The molecule has 0 unspecified atom stereocenters. The van der Waals surface area contributed by atoms with E-state index in [2.05, 4.69) is 5.32 Å². The number of nitrogens with zero attached hydrogens (tertiary/aromatic N) is 2. The third-order valence-electron chi connectivity index (χ3n) is 6.69. The normalized spacial score (nSPS) is 20.1. The van der Waals surface area contributed by atoms with Gasteiger partial charge in [-0.2, -0.15) is 0 Å². The average Bonchev–Trinajstić information content (AvgIpc) is 3.17. The van der Waals surface area contributed by atoms with Crippen molar-refractivity contribution in [3.05, 3.63) is 69.7 Å². The Morgan fingerprint density at radius 2 is 1.82 bits per heavy atom. The summed E-state index contributed by atoms with van der Waals surface area (Å²) in [7, 11) is 0. The van der Waals surface area contributed by atoms with Crippen molar-refractivity contribution in [2.24, 2.45) is 5.73 Å². The Balaban J connectivity index is 1.51. The van der Waals surface area contributed by atoms with Crippen molar-refractivity contribution >= 4 is 41.1 Å². The first-order chi connectivity index (χ1) is 18.0. The molecule has 3 amide bonds. The number of carbonyl (C=O) groups excluding carboxylic acids is 3. The van der Waals surface area contributed by atoms with Crippen LogP contribution in [0.2, 0.25) is 10.0 Å². The van der Waals surface area contributed by atoms with E-state index in [0.29, 0.717) is 29.6 Å². The second-order valence-electron chi connectivity index (χ2n) is 10.4. The highest BCUT2D eigenvalue weighted by atomic mass is 35.5. The molecule has 4 rings (SSSR count). The number of carbonyl (C=O) groups is 3. The van der Waals surface area contributed by atoms with E-state index in [-0.39, 0.29) is 38.4 Å². The van der Waals surface area contributed by atoms with Gasteiger partial charge in [-0.3, -0.25) is 14.5 Å². The lowest BCUT2D eigenvalue weighted by molar-refractivity contribution is -0.142. The molecule has 2 aromatic rings.